The summed E-state index contributed by atoms with van der Waals surface area (Å²) in [4.78, 5) is 0. The number of rotatable bonds is 23. The van der Waals surface area contributed by atoms with Crippen LogP contribution in [0.3, 0.4) is 0 Å². The lowest BCUT2D eigenvalue weighted by atomic mass is 10.2. The molecule has 11 heteroatoms. The van der Waals surface area contributed by atoms with Gasteiger partial charge in [-0.1, -0.05) is 60.7 Å². The number of aliphatic hydroxyl groups excluding tert-OH is 1. The number of benzene rings is 7. The van der Waals surface area contributed by atoms with Crippen molar-refractivity contribution in [3.05, 3.63) is 191 Å². The summed E-state index contributed by atoms with van der Waals surface area (Å²) in [5, 5.41) is 10.2. The van der Waals surface area contributed by atoms with Gasteiger partial charge in [0.25, 0.3) is 0 Å². The van der Waals surface area contributed by atoms with E-state index in [0.717, 1.165) is 56.4 Å². The maximum absolute atomic E-state index is 10.2. The Morgan fingerprint density at radius 1 is 0.266 bits per heavy atom. The molecule has 0 amide bonds. The van der Waals surface area contributed by atoms with Crippen LogP contribution in [0.5, 0.6) is 57.5 Å². The second-order valence-electron chi connectivity index (χ2n) is 14.7. The third kappa shape index (κ3) is 12.8. The smallest absolute Gasteiger partial charge is 0.162 e. The van der Waals surface area contributed by atoms with Gasteiger partial charge >= 0.3 is 0 Å². The monoisotopic (exact) mass is 864 g/mol. The SMILES string of the molecule is COc1ccc(COc2ccc(COc3cc(CO)cc(OCc4ccc(OCc5ccc(OC)cc5)c(OCc5ccc(OC)cc5)c4)c3)cc2OCc2ccc(OC)cc2)cc1. The van der Waals surface area contributed by atoms with E-state index < -0.39 is 0 Å². The quantitative estimate of drug-likeness (QED) is 0.0663. The molecule has 0 aliphatic rings. The molecule has 0 aliphatic heterocycles. The highest BCUT2D eigenvalue weighted by atomic mass is 16.5. The normalized spacial score (nSPS) is 10.7. The van der Waals surface area contributed by atoms with Crippen molar-refractivity contribution in [1.82, 2.24) is 0 Å². The number of methoxy groups -OCH3 is 4. The fourth-order valence-corrected chi connectivity index (χ4v) is 6.50. The van der Waals surface area contributed by atoms with Gasteiger partial charge in [-0.25, -0.2) is 0 Å². The maximum Gasteiger partial charge on any atom is 0.162 e. The van der Waals surface area contributed by atoms with Gasteiger partial charge in [-0.15, -0.1) is 0 Å². The third-order valence-electron chi connectivity index (χ3n) is 10.2. The molecule has 7 aromatic rings. The number of hydrogen-bond donors (Lipinski definition) is 1. The van der Waals surface area contributed by atoms with Crippen LogP contribution in [0.25, 0.3) is 0 Å². The van der Waals surface area contributed by atoms with Crippen molar-refractivity contribution in [2.45, 2.75) is 46.2 Å². The summed E-state index contributed by atoms with van der Waals surface area (Å²) in [5.74, 6) is 6.50. The van der Waals surface area contributed by atoms with Gasteiger partial charge in [0.2, 0.25) is 0 Å². The van der Waals surface area contributed by atoms with E-state index in [2.05, 4.69) is 0 Å². The first-order valence-corrected chi connectivity index (χ1v) is 20.7. The van der Waals surface area contributed by atoms with Crippen LogP contribution in [-0.4, -0.2) is 33.5 Å². The highest BCUT2D eigenvalue weighted by molar-refractivity contribution is 5.46. The molecular weight excluding hydrogens is 813 g/mol. The van der Waals surface area contributed by atoms with Crippen LogP contribution in [0.2, 0.25) is 0 Å². The Labute approximate surface area is 374 Å². The van der Waals surface area contributed by atoms with E-state index in [4.69, 9.17) is 47.4 Å². The maximum atomic E-state index is 10.2. The summed E-state index contributed by atoms with van der Waals surface area (Å²) < 4.78 is 59.0. The molecule has 1 N–H and O–H groups in total. The van der Waals surface area contributed by atoms with Gasteiger partial charge in [-0.3, -0.25) is 0 Å². The Morgan fingerprint density at radius 3 is 0.844 bits per heavy atom. The van der Waals surface area contributed by atoms with Gasteiger partial charge < -0.3 is 52.5 Å². The average Bonchev–Trinajstić information content (AvgIpc) is 3.35. The molecule has 11 nitrogen and oxygen atoms in total. The number of ether oxygens (including phenoxy) is 10. The summed E-state index contributed by atoms with van der Waals surface area (Å²) >= 11 is 0. The Balaban J connectivity index is 1.03. The van der Waals surface area contributed by atoms with Crippen LogP contribution in [0.15, 0.2) is 152 Å². The summed E-state index contributed by atoms with van der Waals surface area (Å²) in [7, 11) is 6.56. The lowest BCUT2D eigenvalue weighted by Crippen LogP contribution is -2.04. The summed E-state index contributed by atoms with van der Waals surface area (Å²) in [6, 6.07) is 47.8. The highest BCUT2D eigenvalue weighted by Gasteiger charge is 2.13. The van der Waals surface area contributed by atoms with E-state index >= 15 is 0 Å². The van der Waals surface area contributed by atoms with E-state index in [1.807, 2.05) is 133 Å². The third-order valence-corrected chi connectivity index (χ3v) is 10.2. The van der Waals surface area contributed by atoms with Gasteiger partial charge in [0.1, 0.15) is 74.1 Å². The van der Waals surface area contributed by atoms with E-state index in [1.165, 1.54) is 0 Å². The Hall–Kier alpha value is -7.50. The molecule has 0 aliphatic carbocycles. The average molecular weight is 865 g/mol. The van der Waals surface area contributed by atoms with E-state index in [9.17, 15) is 5.11 Å². The zero-order valence-electron chi connectivity index (χ0n) is 36.4. The van der Waals surface area contributed by atoms with Crippen molar-refractivity contribution < 1.29 is 52.5 Å². The largest absolute Gasteiger partial charge is 0.497 e. The number of hydrogen-bond acceptors (Lipinski definition) is 11. The van der Waals surface area contributed by atoms with Crippen molar-refractivity contribution in [2.75, 3.05) is 28.4 Å². The second kappa shape index (κ2) is 22.6. The molecule has 0 bridgehead atoms. The standard InChI is InChI=1S/C53H52O11/c1-55-44-15-5-37(6-16-44)31-61-50-23-13-41(27-52(50)63-33-39-9-19-46(57-3)20-10-39)35-59-48-25-43(30-54)26-49(29-48)60-36-42-14-24-51(62-32-38-7-17-45(56-2)18-8-38)53(28-42)64-34-40-11-21-47(58-4)22-12-40/h5-29,54H,30-36H2,1-4H3. The lowest BCUT2D eigenvalue weighted by molar-refractivity contribution is 0.252. The molecule has 0 saturated carbocycles. The molecule has 7 aromatic carbocycles. The van der Waals surface area contributed by atoms with Gasteiger partial charge in [0.05, 0.1) is 35.0 Å². The lowest BCUT2D eigenvalue weighted by Gasteiger charge is -2.16. The minimum atomic E-state index is -0.194. The first-order valence-electron chi connectivity index (χ1n) is 20.7. The molecule has 0 unspecified atom stereocenters. The molecule has 0 saturated heterocycles. The van der Waals surface area contributed by atoms with Crippen LogP contribution in [0.1, 0.15) is 38.9 Å². The first-order chi connectivity index (χ1) is 31.4. The fourth-order valence-electron chi connectivity index (χ4n) is 6.50. The van der Waals surface area contributed by atoms with Gasteiger partial charge in [-0.05, 0) is 124 Å². The second-order valence-corrected chi connectivity index (χ2v) is 14.7. The van der Waals surface area contributed by atoms with Crippen molar-refractivity contribution >= 4 is 0 Å². The zero-order chi connectivity index (χ0) is 44.5. The molecule has 330 valence electrons. The predicted molar refractivity (Wildman–Crippen MR) is 243 cm³/mol. The molecule has 7 rings (SSSR count). The Bertz CT molecular complexity index is 2350. The van der Waals surface area contributed by atoms with Crippen LogP contribution < -0.4 is 47.4 Å². The molecule has 0 radical (unpaired) electrons. The fraction of sp³-hybridized carbons (Fsp3) is 0.208. The first kappa shape index (κ1) is 44.6. The van der Waals surface area contributed by atoms with Gasteiger partial charge in [0.15, 0.2) is 23.0 Å². The van der Waals surface area contributed by atoms with E-state index in [-0.39, 0.29) is 19.8 Å². The topological polar surface area (TPSA) is 113 Å². The van der Waals surface area contributed by atoms with Gasteiger partial charge in [0, 0.05) is 6.07 Å². The van der Waals surface area contributed by atoms with Crippen molar-refractivity contribution in [2.24, 2.45) is 0 Å². The van der Waals surface area contributed by atoms with Crippen LogP contribution in [0, 0.1) is 0 Å². The number of aliphatic hydroxyl groups is 1. The van der Waals surface area contributed by atoms with Crippen molar-refractivity contribution in [3.8, 4) is 57.5 Å². The van der Waals surface area contributed by atoms with Crippen molar-refractivity contribution in [1.29, 1.82) is 0 Å². The zero-order valence-corrected chi connectivity index (χ0v) is 36.4. The van der Waals surface area contributed by atoms with Crippen molar-refractivity contribution in [3.63, 3.8) is 0 Å². The predicted octanol–water partition coefficient (Wildman–Crippen LogP) is 10.7. The van der Waals surface area contributed by atoms with E-state index in [1.54, 1.807) is 46.6 Å². The molecule has 64 heavy (non-hydrogen) atoms. The minimum absolute atomic E-state index is 0.194. The Morgan fingerprint density at radius 2 is 0.547 bits per heavy atom. The van der Waals surface area contributed by atoms with E-state index in [0.29, 0.717) is 66.5 Å². The van der Waals surface area contributed by atoms with Crippen LogP contribution in [-0.2, 0) is 46.2 Å². The van der Waals surface area contributed by atoms with Gasteiger partial charge in [-0.2, -0.15) is 0 Å². The summed E-state index contributed by atoms with van der Waals surface area (Å²) in [6.07, 6.45) is 0. The Kier molecular flexibility index (Phi) is 15.7. The summed E-state index contributed by atoms with van der Waals surface area (Å²) in [5.41, 5.74) is 6.28. The molecular formula is C53H52O11. The van der Waals surface area contributed by atoms with Crippen LogP contribution >= 0.6 is 0 Å². The molecule has 0 spiro atoms. The molecule has 0 heterocycles. The molecule has 0 aromatic heterocycles. The molecule has 0 atom stereocenters. The van der Waals surface area contributed by atoms with Crippen LogP contribution in [0.4, 0.5) is 0 Å². The molecule has 0 fully saturated rings. The highest BCUT2D eigenvalue weighted by Crippen LogP contribution is 2.34. The summed E-state index contributed by atoms with van der Waals surface area (Å²) in [6.45, 7) is 1.58. The minimum Gasteiger partial charge on any atom is -0.497 e.